The second kappa shape index (κ2) is 8.84. The summed E-state index contributed by atoms with van der Waals surface area (Å²) < 4.78 is 5.56. The standard InChI is InChI=1S/C21H30N4O2/c1-7-12(2)21(26)27-18-10-17(11-24-15(18)5)19(23-6)13(3)14(4)25-20(22)16-8-9-16/h10-12,25H,7-9,22H2,1-6H3/b14-13+,23-19?. The van der Waals surface area contributed by atoms with Crippen LogP contribution in [0.4, 0.5) is 0 Å². The molecule has 1 aromatic heterocycles. The molecule has 1 atom stereocenters. The number of ether oxygens (including phenoxy) is 1. The summed E-state index contributed by atoms with van der Waals surface area (Å²) in [5.74, 6) is 0.798. The highest BCUT2D eigenvalue weighted by molar-refractivity contribution is 6.12. The van der Waals surface area contributed by atoms with Crippen LogP contribution in [-0.2, 0) is 4.79 Å². The van der Waals surface area contributed by atoms with Crippen LogP contribution in [0.3, 0.4) is 0 Å². The molecule has 1 unspecified atom stereocenters. The zero-order valence-corrected chi connectivity index (χ0v) is 17.1. The Morgan fingerprint density at radius 3 is 2.63 bits per heavy atom. The first-order valence-electron chi connectivity index (χ1n) is 9.36. The van der Waals surface area contributed by atoms with Crippen molar-refractivity contribution < 1.29 is 9.53 Å². The van der Waals surface area contributed by atoms with Gasteiger partial charge in [-0.3, -0.25) is 14.8 Å². The van der Waals surface area contributed by atoms with Gasteiger partial charge in [0.05, 0.1) is 23.1 Å². The fourth-order valence-corrected chi connectivity index (χ4v) is 2.53. The van der Waals surface area contributed by atoms with Gasteiger partial charge in [0.15, 0.2) is 5.75 Å². The number of carbonyl (C=O) groups is 1. The molecule has 0 saturated heterocycles. The van der Waals surface area contributed by atoms with Gasteiger partial charge in [0.1, 0.15) is 0 Å². The Hall–Kier alpha value is -2.63. The molecule has 0 radical (unpaired) electrons. The Kier molecular flexibility index (Phi) is 6.77. The average Bonchev–Trinajstić information content (AvgIpc) is 3.49. The lowest BCUT2D eigenvalue weighted by molar-refractivity contribution is -0.138. The first-order valence-corrected chi connectivity index (χ1v) is 9.36. The number of hydrogen-bond acceptors (Lipinski definition) is 6. The molecule has 0 aliphatic heterocycles. The van der Waals surface area contributed by atoms with Crippen LogP contribution >= 0.6 is 0 Å². The molecule has 1 fully saturated rings. The SMILES string of the molecule is CCC(C)C(=O)Oc1cc(C(=NC)/C(C)=C(\C)NC(N)=C2CC2)cnc1C. The summed E-state index contributed by atoms with van der Waals surface area (Å²) in [7, 11) is 1.74. The third-order valence-corrected chi connectivity index (χ3v) is 4.88. The maximum absolute atomic E-state index is 12.2. The molecule has 1 heterocycles. The smallest absolute Gasteiger partial charge is 0.314 e. The van der Waals surface area contributed by atoms with Crippen LogP contribution in [0.15, 0.2) is 39.9 Å². The van der Waals surface area contributed by atoms with Crippen molar-refractivity contribution in [1.29, 1.82) is 0 Å². The monoisotopic (exact) mass is 370 g/mol. The fraction of sp³-hybridized carbons (Fsp3) is 0.476. The van der Waals surface area contributed by atoms with E-state index in [0.717, 1.165) is 47.6 Å². The van der Waals surface area contributed by atoms with Gasteiger partial charge in [0.25, 0.3) is 0 Å². The first-order chi connectivity index (χ1) is 12.8. The molecule has 0 amide bonds. The molecule has 0 bridgehead atoms. The Morgan fingerprint density at radius 1 is 1.41 bits per heavy atom. The van der Waals surface area contributed by atoms with Gasteiger partial charge in [-0.25, -0.2) is 0 Å². The highest BCUT2D eigenvalue weighted by Gasteiger charge is 2.19. The number of nitrogens with zero attached hydrogens (tertiary/aromatic N) is 2. The Labute approximate surface area is 161 Å². The van der Waals surface area contributed by atoms with Gasteiger partial charge in [0, 0.05) is 24.5 Å². The van der Waals surface area contributed by atoms with Gasteiger partial charge >= 0.3 is 5.97 Å². The number of hydrogen-bond donors (Lipinski definition) is 2. The summed E-state index contributed by atoms with van der Waals surface area (Å²) >= 11 is 0. The van der Waals surface area contributed by atoms with E-state index in [1.54, 1.807) is 13.2 Å². The van der Waals surface area contributed by atoms with Crippen LogP contribution < -0.4 is 15.8 Å². The minimum atomic E-state index is -0.247. The van der Waals surface area contributed by atoms with Gasteiger partial charge in [-0.15, -0.1) is 0 Å². The molecule has 1 saturated carbocycles. The van der Waals surface area contributed by atoms with Gasteiger partial charge in [0.2, 0.25) is 0 Å². The second-order valence-corrected chi connectivity index (χ2v) is 7.00. The average molecular weight is 370 g/mol. The molecule has 3 N–H and O–H groups in total. The summed E-state index contributed by atoms with van der Waals surface area (Å²) in [5, 5.41) is 3.26. The van der Waals surface area contributed by atoms with Gasteiger partial charge in [-0.2, -0.15) is 0 Å². The number of aromatic nitrogens is 1. The van der Waals surface area contributed by atoms with Crippen molar-refractivity contribution in [3.63, 3.8) is 0 Å². The van der Waals surface area contributed by atoms with E-state index in [0.29, 0.717) is 11.4 Å². The van der Waals surface area contributed by atoms with E-state index < -0.39 is 0 Å². The molecule has 27 heavy (non-hydrogen) atoms. The summed E-state index contributed by atoms with van der Waals surface area (Å²) in [6, 6.07) is 1.82. The highest BCUT2D eigenvalue weighted by atomic mass is 16.5. The zero-order valence-electron chi connectivity index (χ0n) is 17.1. The van der Waals surface area contributed by atoms with Crippen LogP contribution in [0.1, 0.15) is 58.2 Å². The van der Waals surface area contributed by atoms with Gasteiger partial charge < -0.3 is 15.8 Å². The molecule has 0 aromatic carbocycles. The molecule has 146 valence electrons. The normalized spacial score (nSPS) is 15.8. The minimum Gasteiger partial charge on any atom is -0.424 e. The maximum atomic E-state index is 12.2. The van der Waals surface area contributed by atoms with E-state index in [4.69, 9.17) is 10.5 Å². The summed E-state index contributed by atoms with van der Waals surface area (Å²) in [6.07, 6.45) is 4.60. The molecule has 1 aliphatic rings. The summed E-state index contributed by atoms with van der Waals surface area (Å²) in [5.41, 5.74) is 11.5. The molecular weight excluding hydrogens is 340 g/mol. The van der Waals surface area contributed by atoms with Crippen molar-refractivity contribution in [3.8, 4) is 5.75 Å². The van der Waals surface area contributed by atoms with E-state index in [9.17, 15) is 4.79 Å². The first kappa shape index (κ1) is 20.7. The van der Waals surface area contributed by atoms with Crippen LogP contribution in [0.5, 0.6) is 5.75 Å². The van der Waals surface area contributed by atoms with E-state index in [2.05, 4.69) is 15.3 Å². The lowest BCUT2D eigenvalue weighted by Gasteiger charge is -2.15. The van der Waals surface area contributed by atoms with Crippen LogP contribution in [0.2, 0.25) is 0 Å². The van der Waals surface area contributed by atoms with E-state index >= 15 is 0 Å². The van der Waals surface area contributed by atoms with Gasteiger partial charge in [-0.05, 0) is 57.2 Å². The van der Waals surface area contributed by atoms with E-state index in [1.165, 1.54) is 5.57 Å². The Balaban J connectivity index is 2.30. The van der Waals surface area contributed by atoms with Crippen molar-refractivity contribution in [3.05, 3.63) is 46.2 Å². The molecule has 2 rings (SSSR count). The third kappa shape index (κ3) is 5.18. The van der Waals surface area contributed by atoms with Crippen molar-refractivity contribution in [1.82, 2.24) is 10.3 Å². The summed E-state index contributed by atoms with van der Waals surface area (Å²) in [4.78, 5) is 21.0. The number of esters is 1. The van der Waals surface area contributed by atoms with E-state index in [-0.39, 0.29) is 11.9 Å². The minimum absolute atomic E-state index is 0.154. The van der Waals surface area contributed by atoms with Crippen LogP contribution in [-0.4, -0.2) is 23.7 Å². The summed E-state index contributed by atoms with van der Waals surface area (Å²) in [6.45, 7) is 9.60. The number of pyridine rings is 1. The molecule has 0 spiro atoms. The number of aryl methyl sites for hydroxylation is 1. The number of rotatable bonds is 7. The van der Waals surface area contributed by atoms with Crippen LogP contribution in [0, 0.1) is 12.8 Å². The predicted octanol–water partition coefficient (Wildman–Crippen LogP) is 3.61. The lowest BCUT2D eigenvalue weighted by Crippen LogP contribution is -2.21. The predicted molar refractivity (Wildman–Crippen MR) is 108 cm³/mol. The Morgan fingerprint density at radius 2 is 2.07 bits per heavy atom. The quantitative estimate of drug-likeness (QED) is 0.565. The molecule has 6 nitrogen and oxygen atoms in total. The lowest BCUT2D eigenvalue weighted by atomic mass is 10.0. The highest BCUT2D eigenvalue weighted by Crippen LogP contribution is 2.29. The second-order valence-electron chi connectivity index (χ2n) is 7.00. The van der Waals surface area contributed by atoms with Crippen molar-refractivity contribution >= 4 is 11.7 Å². The zero-order chi connectivity index (χ0) is 20.1. The van der Waals surface area contributed by atoms with Crippen molar-refractivity contribution in [2.45, 2.75) is 53.9 Å². The number of nitrogens with two attached hydrogens (primary N) is 1. The largest absolute Gasteiger partial charge is 0.424 e. The number of allylic oxidation sites excluding steroid dienone is 3. The number of carbonyl (C=O) groups excluding carboxylic acids is 1. The fourth-order valence-electron chi connectivity index (χ4n) is 2.53. The third-order valence-electron chi connectivity index (χ3n) is 4.88. The molecular formula is C21H30N4O2. The molecule has 1 aliphatic carbocycles. The maximum Gasteiger partial charge on any atom is 0.314 e. The van der Waals surface area contributed by atoms with Crippen LogP contribution in [0.25, 0.3) is 0 Å². The van der Waals surface area contributed by atoms with E-state index in [1.807, 2.05) is 40.7 Å². The van der Waals surface area contributed by atoms with Crippen molar-refractivity contribution in [2.24, 2.45) is 16.6 Å². The Bertz CT molecular complexity index is 815. The number of aliphatic imine (C=N–C) groups is 1. The number of nitrogens with one attached hydrogen (secondary N) is 1. The molecule has 1 aromatic rings. The molecule has 6 heteroatoms. The van der Waals surface area contributed by atoms with Crippen molar-refractivity contribution in [2.75, 3.05) is 7.05 Å². The topological polar surface area (TPSA) is 89.6 Å². The van der Waals surface area contributed by atoms with Gasteiger partial charge in [-0.1, -0.05) is 13.8 Å².